The second-order valence-electron chi connectivity index (χ2n) is 7.47. The minimum Gasteiger partial charge on any atom is -0.466 e. The van der Waals surface area contributed by atoms with E-state index in [1.807, 2.05) is 31.1 Å². The Hall–Kier alpha value is -2.41. The SMILES string of the molecule is CCOC(=O)[C@H]1C(=O)C[C@@](C)(O)[C@H](C(=O)OCC)[C@@H]1c1ccc(N(C)C)cc1. The van der Waals surface area contributed by atoms with Gasteiger partial charge in [-0.1, -0.05) is 12.1 Å². The van der Waals surface area contributed by atoms with E-state index < -0.39 is 41.1 Å². The van der Waals surface area contributed by atoms with Gasteiger partial charge in [-0.25, -0.2) is 0 Å². The van der Waals surface area contributed by atoms with E-state index in [0.29, 0.717) is 5.56 Å². The smallest absolute Gasteiger partial charge is 0.317 e. The monoisotopic (exact) mass is 391 g/mol. The lowest BCUT2D eigenvalue weighted by molar-refractivity contribution is -0.172. The van der Waals surface area contributed by atoms with Gasteiger partial charge in [0.2, 0.25) is 0 Å². The first-order valence-electron chi connectivity index (χ1n) is 9.49. The highest BCUT2D eigenvalue weighted by molar-refractivity contribution is 6.02. The van der Waals surface area contributed by atoms with E-state index in [1.165, 1.54) is 6.92 Å². The highest BCUT2D eigenvalue weighted by atomic mass is 16.5. The standard InChI is InChI=1S/C21H29NO6/c1-6-27-19(24)17-15(23)12-21(3,26)18(20(25)28-7-2)16(17)13-8-10-14(11-9-13)22(4)5/h8-11,16-18,26H,6-7,12H2,1-5H3/t16-,17+,18+,21-/m1/s1. The Balaban J connectivity index is 2.59. The van der Waals surface area contributed by atoms with Crippen molar-refractivity contribution < 1.29 is 29.0 Å². The van der Waals surface area contributed by atoms with Crippen molar-refractivity contribution in [1.82, 2.24) is 0 Å². The minimum atomic E-state index is -1.63. The van der Waals surface area contributed by atoms with Crippen LogP contribution < -0.4 is 4.90 Å². The lowest BCUT2D eigenvalue weighted by Gasteiger charge is -2.43. The van der Waals surface area contributed by atoms with Crippen molar-refractivity contribution in [3.8, 4) is 0 Å². The molecule has 4 atom stereocenters. The number of hydrogen-bond acceptors (Lipinski definition) is 7. The van der Waals surface area contributed by atoms with E-state index in [1.54, 1.807) is 26.0 Å². The maximum Gasteiger partial charge on any atom is 0.317 e. The summed E-state index contributed by atoms with van der Waals surface area (Å²) in [7, 11) is 3.79. The van der Waals surface area contributed by atoms with E-state index >= 15 is 0 Å². The Kier molecular flexibility index (Phi) is 6.82. The molecule has 1 aliphatic carbocycles. The van der Waals surface area contributed by atoms with Crippen LogP contribution in [0.2, 0.25) is 0 Å². The molecule has 1 N–H and O–H groups in total. The van der Waals surface area contributed by atoms with Crippen LogP contribution in [0.25, 0.3) is 0 Å². The zero-order chi connectivity index (χ0) is 21.1. The molecule has 154 valence electrons. The topological polar surface area (TPSA) is 93.1 Å². The molecule has 0 aliphatic heterocycles. The first-order valence-corrected chi connectivity index (χ1v) is 9.49. The van der Waals surface area contributed by atoms with Crippen molar-refractivity contribution in [1.29, 1.82) is 0 Å². The summed E-state index contributed by atoms with van der Waals surface area (Å²) in [6.45, 7) is 5.02. The normalized spacial score (nSPS) is 27.2. The molecule has 1 aliphatic rings. The van der Waals surface area contributed by atoms with Gasteiger partial charge in [0.1, 0.15) is 5.92 Å². The van der Waals surface area contributed by atoms with Gasteiger partial charge in [0.25, 0.3) is 0 Å². The summed E-state index contributed by atoms with van der Waals surface area (Å²) in [4.78, 5) is 40.1. The third-order valence-electron chi connectivity index (χ3n) is 5.14. The number of ketones is 1. The van der Waals surface area contributed by atoms with Crippen molar-refractivity contribution in [2.45, 2.75) is 38.7 Å². The number of hydrogen-bond donors (Lipinski definition) is 1. The molecule has 0 amide bonds. The highest BCUT2D eigenvalue weighted by Crippen LogP contribution is 2.46. The molecule has 1 saturated carbocycles. The van der Waals surface area contributed by atoms with E-state index in [9.17, 15) is 19.5 Å². The summed E-state index contributed by atoms with van der Waals surface area (Å²) in [6.07, 6.45) is -0.313. The van der Waals surface area contributed by atoms with Gasteiger partial charge in [0, 0.05) is 32.1 Å². The number of aliphatic hydroxyl groups is 1. The maximum atomic E-state index is 12.8. The molecule has 0 saturated heterocycles. The zero-order valence-electron chi connectivity index (χ0n) is 17.1. The zero-order valence-corrected chi connectivity index (χ0v) is 17.1. The summed E-state index contributed by atoms with van der Waals surface area (Å²) in [5.74, 6) is -4.85. The van der Waals surface area contributed by atoms with Crippen molar-refractivity contribution in [3.05, 3.63) is 29.8 Å². The molecule has 2 rings (SSSR count). The van der Waals surface area contributed by atoms with Crippen LogP contribution in [-0.2, 0) is 23.9 Å². The van der Waals surface area contributed by atoms with Crippen molar-refractivity contribution in [3.63, 3.8) is 0 Å². The van der Waals surface area contributed by atoms with Gasteiger partial charge in [0.05, 0.1) is 24.7 Å². The third-order valence-corrected chi connectivity index (χ3v) is 5.14. The predicted octanol–water partition coefficient (Wildman–Crippen LogP) is 1.92. The summed E-state index contributed by atoms with van der Waals surface area (Å²) in [5.41, 5.74) is -0.0925. The van der Waals surface area contributed by atoms with Crippen LogP contribution in [0.4, 0.5) is 5.69 Å². The van der Waals surface area contributed by atoms with Gasteiger partial charge in [-0.2, -0.15) is 0 Å². The van der Waals surface area contributed by atoms with Crippen LogP contribution in [0.1, 0.15) is 38.7 Å². The fraction of sp³-hybridized carbons (Fsp3) is 0.571. The Morgan fingerprint density at radius 2 is 1.64 bits per heavy atom. The Morgan fingerprint density at radius 1 is 1.11 bits per heavy atom. The van der Waals surface area contributed by atoms with Crippen LogP contribution >= 0.6 is 0 Å². The number of anilines is 1. The van der Waals surface area contributed by atoms with Crippen LogP contribution in [0.3, 0.4) is 0 Å². The van der Waals surface area contributed by atoms with Crippen LogP contribution in [0.5, 0.6) is 0 Å². The average Bonchev–Trinajstić information content (AvgIpc) is 2.60. The molecule has 0 aromatic heterocycles. The Morgan fingerprint density at radius 3 is 2.14 bits per heavy atom. The minimum absolute atomic E-state index is 0.120. The van der Waals surface area contributed by atoms with Crippen molar-refractivity contribution >= 4 is 23.4 Å². The largest absolute Gasteiger partial charge is 0.466 e. The lowest BCUT2D eigenvalue weighted by Crippen LogP contribution is -2.55. The molecule has 0 spiro atoms. The fourth-order valence-electron chi connectivity index (χ4n) is 3.87. The predicted molar refractivity (Wildman–Crippen MR) is 104 cm³/mol. The molecular weight excluding hydrogens is 362 g/mol. The number of esters is 2. The number of ether oxygens (including phenoxy) is 2. The molecule has 0 unspecified atom stereocenters. The fourth-order valence-corrected chi connectivity index (χ4v) is 3.87. The summed E-state index contributed by atoms with van der Waals surface area (Å²) < 4.78 is 10.3. The van der Waals surface area contributed by atoms with E-state index in [0.717, 1.165) is 5.69 Å². The summed E-state index contributed by atoms with van der Waals surface area (Å²) in [5, 5.41) is 10.9. The van der Waals surface area contributed by atoms with Crippen LogP contribution in [-0.4, -0.2) is 55.7 Å². The van der Waals surface area contributed by atoms with Crippen molar-refractivity contribution in [2.24, 2.45) is 11.8 Å². The van der Waals surface area contributed by atoms with Gasteiger partial charge in [0.15, 0.2) is 5.78 Å². The van der Waals surface area contributed by atoms with Crippen LogP contribution in [0, 0.1) is 11.8 Å². The first-order chi connectivity index (χ1) is 13.1. The molecule has 28 heavy (non-hydrogen) atoms. The Bertz CT molecular complexity index is 725. The van der Waals surface area contributed by atoms with E-state index in [4.69, 9.17) is 9.47 Å². The van der Waals surface area contributed by atoms with E-state index in [-0.39, 0.29) is 19.6 Å². The second-order valence-corrected chi connectivity index (χ2v) is 7.47. The molecule has 1 fully saturated rings. The molecule has 0 bridgehead atoms. The first kappa shape index (κ1) is 21.9. The number of rotatable bonds is 6. The molecular formula is C21H29NO6. The molecule has 7 nitrogen and oxygen atoms in total. The van der Waals surface area contributed by atoms with Gasteiger partial charge in [-0.3, -0.25) is 14.4 Å². The van der Waals surface area contributed by atoms with Crippen molar-refractivity contribution in [2.75, 3.05) is 32.2 Å². The highest BCUT2D eigenvalue weighted by Gasteiger charge is 2.57. The lowest BCUT2D eigenvalue weighted by atomic mass is 9.61. The van der Waals surface area contributed by atoms with Gasteiger partial charge in [-0.05, 0) is 38.5 Å². The van der Waals surface area contributed by atoms with Crippen LogP contribution in [0.15, 0.2) is 24.3 Å². The quantitative estimate of drug-likeness (QED) is 0.585. The summed E-state index contributed by atoms with van der Waals surface area (Å²) >= 11 is 0. The number of Topliss-reactive ketones (excluding diaryl/α,β-unsaturated/α-hetero) is 1. The molecule has 0 heterocycles. The molecule has 7 heteroatoms. The molecule has 1 aromatic rings. The maximum absolute atomic E-state index is 12.8. The number of nitrogens with zero attached hydrogens (tertiary/aromatic N) is 1. The summed E-state index contributed by atoms with van der Waals surface area (Å²) in [6, 6.07) is 7.22. The van der Waals surface area contributed by atoms with Gasteiger partial charge >= 0.3 is 11.9 Å². The number of carbonyl (C=O) groups is 3. The molecule has 0 radical (unpaired) electrons. The Labute approximate surface area is 165 Å². The number of benzene rings is 1. The average molecular weight is 391 g/mol. The van der Waals surface area contributed by atoms with Gasteiger partial charge < -0.3 is 19.5 Å². The molecule has 1 aromatic carbocycles. The van der Waals surface area contributed by atoms with Gasteiger partial charge in [-0.15, -0.1) is 0 Å². The second kappa shape index (κ2) is 8.73. The third kappa shape index (κ3) is 4.35. The van der Waals surface area contributed by atoms with E-state index in [2.05, 4.69) is 0 Å². The number of carbonyl (C=O) groups excluding carboxylic acids is 3.